The quantitative estimate of drug-likeness (QED) is 0.265. The fraction of sp³-hybridized carbons (Fsp3) is 0.400. The highest BCUT2D eigenvalue weighted by atomic mass is 31.1. The number of hydrogen-bond acceptors (Lipinski definition) is 3. The van der Waals surface area contributed by atoms with Gasteiger partial charge in [-0.05, 0) is 57.6 Å². The molecule has 0 radical (unpaired) electrons. The van der Waals surface area contributed by atoms with E-state index in [1.54, 1.807) is 0 Å². The molecule has 7 heteroatoms. The summed E-state index contributed by atoms with van der Waals surface area (Å²) < 4.78 is 18.1. The van der Waals surface area contributed by atoms with Crippen LogP contribution in [-0.4, -0.2) is 45.6 Å². The molecular formula is C30H45O3PSi3. The molecule has 0 aliphatic rings. The van der Waals surface area contributed by atoms with Crippen LogP contribution in [0.5, 0.6) is 17.2 Å². The zero-order chi connectivity index (χ0) is 27.8. The van der Waals surface area contributed by atoms with Gasteiger partial charge in [0.15, 0.2) is 0 Å². The second-order valence-corrected chi connectivity index (χ2v) is 29.8. The van der Waals surface area contributed by atoms with Crippen molar-refractivity contribution in [1.29, 1.82) is 0 Å². The highest BCUT2D eigenvalue weighted by molar-refractivity contribution is 7.81. The summed E-state index contributed by atoms with van der Waals surface area (Å²) in [5, 5.41) is 8.48. The summed E-state index contributed by atoms with van der Waals surface area (Å²) in [6, 6.07) is 20.0. The molecule has 0 amide bonds. The molecule has 0 heterocycles. The van der Waals surface area contributed by atoms with Crippen LogP contribution in [0.15, 0.2) is 54.6 Å². The van der Waals surface area contributed by atoms with Crippen LogP contribution in [0.25, 0.3) is 0 Å². The van der Waals surface area contributed by atoms with Crippen LogP contribution in [0.4, 0.5) is 0 Å². The molecule has 0 saturated heterocycles. The predicted octanol–water partition coefficient (Wildman–Crippen LogP) is 5.11. The minimum atomic E-state index is -1.79. The van der Waals surface area contributed by atoms with E-state index in [4.69, 9.17) is 14.2 Å². The van der Waals surface area contributed by atoms with Gasteiger partial charge in [0.2, 0.25) is 0 Å². The van der Waals surface area contributed by atoms with Gasteiger partial charge in [-0.25, -0.2) is 0 Å². The summed E-state index contributed by atoms with van der Waals surface area (Å²) in [6.45, 7) is 21.9. The van der Waals surface area contributed by atoms with E-state index < -0.39 is 32.1 Å². The van der Waals surface area contributed by atoms with E-state index in [1.807, 2.05) is 21.3 Å². The molecule has 0 fully saturated rings. The monoisotopic (exact) mass is 568 g/mol. The zero-order valence-corrected chi connectivity index (χ0v) is 28.8. The van der Waals surface area contributed by atoms with E-state index in [9.17, 15) is 0 Å². The first kappa shape index (κ1) is 29.7. The van der Waals surface area contributed by atoms with Gasteiger partial charge in [-0.1, -0.05) is 95.3 Å². The standard InChI is InChI=1S/C30H45O3PSi3/c1-31-22-16-13-19-25(28(22)35(4,5)6)34(26-20-14-17-23(32-2)29(26)36(7,8)9)27-21-15-18-24(33-3)30(27)37(10,11)12/h13-21H,1-12H3. The first-order valence-electron chi connectivity index (χ1n) is 13.0. The third kappa shape index (κ3) is 6.08. The Hall–Kier alpha value is -1.86. The van der Waals surface area contributed by atoms with Gasteiger partial charge in [0.25, 0.3) is 0 Å². The lowest BCUT2D eigenvalue weighted by molar-refractivity contribution is 0.418. The molecule has 0 unspecified atom stereocenters. The van der Waals surface area contributed by atoms with E-state index >= 15 is 0 Å². The molecule has 0 aliphatic carbocycles. The Bertz CT molecular complexity index is 1100. The Morgan fingerprint density at radius 1 is 0.432 bits per heavy atom. The lowest BCUT2D eigenvalue weighted by atomic mass is 10.3. The minimum absolute atomic E-state index is 0.903. The van der Waals surface area contributed by atoms with Gasteiger partial charge in [-0.15, -0.1) is 0 Å². The van der Waals surface area contributed by atoms with E-state index in [1.165, 1.54) is 31.5 Å². The van der Waals surface area contributed by atoms with Crippen LogP contribution in [0.1, 0.15) is 0 Å². The van der Waals surface area contributed by atoms with E-state index in [0.717, 1.165) is 17.2 Å². The zero-order valence-electron chi connectivity index (χ0n) is 24.9. The molecule has 3 aromatic rings. The van der Waals surface area contributed by atoms with Crippen LogP contribution < -0.4 is 45.7 Å². The Morgan fingerprint density at radius 3 is 0.865 bits per heavy atom. The molecule has 3 rings (SSSR count). The fourth-order valence-electron chi connectivity index (χ4n) is 5.28. The summed E-state index contributed by atoms with van der Waals surface area (Å²) in [7, 11) is -0.850. The molecule has 37 heavy (non-hydrogen) atoms. The van der Waals surface area contributed by atoms with Crippen LogP contribution in [0.2, 0.25) is 58.9 Å². The Kier molecular flexibility index (Phi) is 8.90. The number of rotatable bonds is 9. The molecule has 0 aliphatic heterocycles. The lowest BCUT2D eigenvalue weighted by Gasteiger charge is -2.35. The first-order valence-corrected chi connectivity index (χ1v) is 24.8. The third-order valence-electron chi connectivity index (χ3n) is 6.65. The van der Waals surface area contributed by atoms with E-state index in [2.05, 4.69) is 114 Å². The summed E-state index contributed by atoms with van der Waals surface area (Å²) in [5.74, 6) is 3.04. The summed E-state index contributed by atoms with van der Waals surface area (Å²) in [4.78, 5) is 0. The Balaban J connectivity index is 2.61. The van der Waals surface area contributed by atoms with Gasteiger partial charge < -0.3 is 14.2 Å². The van der Waals surface area contributed by atoms with Crippen molar-refractivity contribution in [3.8, 4) is 17.2 Å². The summed E-state index contributed by atoms with van der Waals surface area (Å²) in [5.41, 5.74) is 0. The van der Waals surface area contributed by atoms with E-state index in [-0.39, 0.29) is 0 Å². The van der Waals surface area contributed by atoms with Crippen molar-refractivity contribution in [2.75, 3.05) is 21.3 Å². The van der Waals surface area contributed by atoms with Gasteiger partial charge in [-0.3, -0.25) is 0 Å². The number of ether oxygens (including phenoxy) is 3. The molecule has 0 N–H and O–H groups in total. The molecule has 3 aromatic carbocycles. The van der Waals surface area contributed by atoms with E-state index in [0.29, 0.717) is 0 Å². The average molecular weight is 569 g/mol. The van der Waals surface area contributed by atoms with Gasteiger partial charge >= 0.3 is 0 Å². The van der Waals surface area contributed by atoms with Crippen LogP contribution in [0.3, 0.4) is 0 Å². The maximum absolute atomic E-state index is 6.03. The number of methoxy groups -OCH3 is 3. The first-order chi connectivity index (χ1) is 17.2. The molecule has 3 nitrogen and oxygen atoms in total. The highest BCUT2D eigenvalue weighted by Gasteiger charge is 2.37. The second-order valence-electron chi connectivity index (χ2n) is 12.6. The van der Waals surface area contributed by atoms with Crippen molar-refractivity contribution in [1.82, 2.24) is 0 Å². The molecular weight excluding hydrogens is 524 g/mol. The maximum Gasteiger partial charge on any atom is 0.118 e. The third-order valence-corrected chi connectivity index (χ3v) is 15.9. The topological polar surface area (TPSA) is 27.7 Å². The van der Waals surface area contributed by atoms with Gasteiger partial charge in [0.1, 0.15) is 17.2 Å². The van der Waals surface area contributed by atoms with Crippen LogP contribution >= 0.6 is 7.92 Å². The average Bonchev–Trinajstić information content (AvgIpc) is 2.81. The van der Waals surface area contributed by atoms with Crippen molar-refractivity contribution < 1.29 is 14.2 Å². The van der Waals surface area contributed by atoms with Gasteiger partial charge in [0, 0.05) is 0 Å². The van der Waals surface area contributed by atoms with Crippen molar-refractivity contribution in [2.24, 2.45) is 0 Å². The van der Waals surface area contributed by atoms with Crippen molar-refractivity contribution >= 4 is 63.6 Å². The molecule has 0 atom stereocenters. The molecule has 0 spiro atoms. The summed E-state index contributed by atoms with van der Waals surface area (Å²) >= 11 is 0. The van der Waals surface area contributed by atoms with Gasteiger partial charge in [-0.2, -0.15) is 0 Å². The molecule has 200 valence electrons. The van der Waals surface area contributed by atoms with Crippen LogP contribution in [0, 0.1) is 0 Å². The second kappa shape index (κ2) is 11.1. The SMILES string of the molecule is COc1cccc(P(c2cccc(OC)c2[Si](C)(C)C)c2cccc(OC)c2[Si](C)(C)C)c1[Si](C)(C)C. The Morgan fingerprint density at radius 2 is 0.676 bits per heavy atom. The Labute approximate surface area is 229 Å². The van der Waals surface area contributed by atoms with Crippen molar-refractivity contribution in [3.63, 3.8) is 0 Å². The molecule has 0 bridgehead atoms. The fourth-order valence-corrected chi connectivity index (χ4v) is 17.1. The molecule has 0 saturated carbocycles. The van der Waals surface area contributed by atoms with Crippen LogP contribution in [-0.2, 0) is 0 Å². The number of benzene rings is 3. The lowest BCUT2D eigenvalue weighted by Crippen LogP contribution is -2.55. The van der Waals surface area contributed by atoms with Crippen molar-refractivity contribution in [3.05, 3.63) is 54.6 Å². The smallest absolute Gasteiger partial charge is 0.118 e. The van der Waals surface area contributed by atoms with Gasteiger partial charge in [0.05, 0.1) is 45.6 Å². The van der Waals surface area contributed by atoms with Crippen molar-refractivity contribution in [2.45, 2.75) is 58.9 Å². The normalized spacial score (nSPS) is 12.6. The maximum atomic E-state index is 6.03. The minimum Gasteiger partial charge on any atom is -0.497 e. The highest BCUT2D eigenvalue weighted by Crippen LogP contribution is 2.37. The number of hydrogen-bond donors (Lipinski definition) is 0. The predicted molar refractivity (Wildman–Crippen MR) is 174 cm³/mol. The molecule has 0 aromatic heterocycles. The largest absolute Gasteiger partial charge is 0.497 e. The summed E-state index contributed by atoms with van der Waals surface area (Å²) in [6.07, 6.45) is 0.